The number of allylic oxidation sites excluding steroid dienone is 4. The van der Waals surface area contributed by atoms with E-state index in [1.54, 1.807) is 0 Å². The second-order valence-electron chi connectivity index (χ2n) is 4.11. The number of rotatable bonds is 0. The highest BCUT2D eigenvalue weighted by molar-refractivity contribution is 5.28. The van der Waals surface area contributed by atoms with Crippen LogP contribution in [-0.2, 0) is 4.74 Å². The van der Waals surface area contributed by atoms with Gasteiger partial charge in [0.05, 0.1) is 12.4 Å². The maximum atomic E-state index is 5.69. The number of hydrogen-bond donors (Lipinski definition) is 0. The Balaban J connectivity index is 2.17. The van der Waals surface area contributed by atoms with Gasteiger partial charge in [-0.05, 0) is 23.8 Å². The molecule has 2 aliphatic rings. The maximum absolute atomic E-state index is 5.69. The molecule has 0 saturated carbocycles. The predicted molar refractivity (Wildman–Crippen MR) is 49.7 cm³/mol. The summed E-state index contributed by atoms with van der Waals surface area (Å²) in [4.78, 5) is 0. The van der Waals surface area contributed by atoms with Crippen LogP contribution in [0.2, 0.25) is 0 Å². The summed E-state index contributed by atoms with van der Waals surface area (Å²) in [5.41, 5.74) is 1.44. The average molecular weight is 164 g/mol. The van der Waals surface area contributed by atoms with E-state index in [2.05, 4.69) is 26.0 Å². The molecule has 0 amide bonds. The molecule has 0 aromatic rings. The molecule has 2 atom stereocenters. The van der Waals surface area contributed by atoms with E-state index in [1.807, 2.05) is 0 Å². The molecule has 1 heterocycles. The molecule has 1 aliphatic carbocycles. The van der Waals surface area contributed by atoms with E-state index in [1.165, 1.54) is 17.8 Å². The smallest absolute Gasteiger partial charge is 0.0997 e. The number of hydrogen-bond acceptors (Lipinski definition) is 1. The van der Waals surface area contributed by atoms with E-state index in [4.69, 9.17) is 4.74 Å². The quantitative estimate of drug-likeness (QED) is 0.535. The standard InChI is InChI=1S/C11H16O/c1-8-3-4-10-5-9(2)7-12-11(10)6-8/h3-4,8-9H,5-7H2,1-2H3. The molecule has 1 heteroatoms. The van der Waals surface area contributed by atoms with Crippen molar-refractivity contribution in [2.24, 2.45) is 11.8 Å². The van der Waals surface area contributed by atoms with Crippen LogP contribution in [0.15, 0.2) is 23.5 Å². The van der Waals surface area contributed by atoms with Crippen LogP contribution >= 0.6 is 0 Å². The molecule has 0 radical (unpaired) electrons. The third-order valence-corrected chi connectivity index (χ3v) is 2.60. The molecule has 1 nitrogen and oxygen atoms in total. The SMILES string of the molecule is CC1C=CC2=C(C1)OCC(C)C2. The lowest BCUT2D eigenvalue weighted by Crippen LogP contribution is -2.17. The summed E-state index contributed by atoms with van der Waals surface area (Å²) >= 11 is 0. The van der Waals surface area contributed by atoms with Crippen LogP contribution in [0.3, 0.4) is 0 Å². The first-order chi connectivity index (χ1) is 5.75. The zero-order chi connectivity index (χ0) is 8.55. The Hall–Kier alpha value is -0.720. The molecule has 0 aromatic carbocycles. The van der Waals surface area contributed by atoms with Crippen molar-refractivity contribution in [2.75, 3.05) is 6.61 Å². The van der Waals surface area contributed by atoms with Gasteiger partial charge in [-0.2, -0.15) is 0 Å². The molecule has 1 aliphatic heterocycles. The predicted octanol–water partition coefficient (Wildman–Crippen LogP) is 2.89. The maximum Gasteiger partial charge on any atom is 0.0997 e. The molecule has 2 unspecified atom stereocenters. The summed E-state index contributed by atoms with van der Waals surface area (Å²) in [6, 6.07) is 0. The second kappa shape index (κ2) is 2.96. The highest BCUT2D eigenvalue weighted by atomic mass is 16.5. The van der Waals surface area contributed by atoms with E-state index in [0.29, 0.717) is 11.8 Å². The molecule has 0 N–H and O–H groups in total. The van der Waals surface area contributed by atoms with Gasteiger partial charge in [-0.25, -0.2) is 0 Å². The van der Waals surface area contributed by atoms with E-state index in [0.717, 1.165) is 13.0 Å². The molecule has 12 heavy (non-hydrogen) atoms. The highest BCUT2D eigenvalue weighted by Gasteiger charge is 2.21. The topological polar surface area (TPSA) is 9.23 Å². The molecular formula is C11H16O. The van der Waals surface area contributed by atoms with Crippen molar-refractivity contribution in [1.82, 2.24) is 0 Å². The molecular weight excluding hydrogens is 148 g/mol. The normalized spacial score (nSPS) is 34.5. The van der Waals surface area contributed by atoms with Crippen molar-refractivity contribution in [3.63, 3.8) is 0 Å². The fourth-order valence-electron chi connectivity index (χ4n) is 1.88. The van der Waals surface area contributed by atoms with Crippen molar-refractivity contribution >= 4 is 0 Å². The fourth-order valence-corrected chi connectivity index (χ4v) is 1.88. The Morgan fingerprint density at radius 2 is 2.17 bits per heavy atom. The zero-order valence-electron chi connectivity index (χ0n) is 7.84. The van der Waals surface area contributed by atoms with E-state index >= 15 is 0 Å². The molecule has 0 aromatic heterocycles. The fraction of sp³-hybridized carbons (Fsp3) is 0.636. The third kappa shape index (κ3) is 1.40. The monoisotopic (exact) mass is 164 g/mol. The minimum Gasteiger partial charge on any atom is -0.497 e. The van der Waals surface area contributed by atoms with Gasteiger partial charge in [-0.1, -0.05) is 26.0 Å². The minimum absolute atomic E-state index is 0.664. The van der Waals surface area contributed by atoms with Gasteiger partial charge in [0.15, 0.2) is 0 Å². The van der Waals surface area contributed by atoms with Crippen LogP contribution in [0.5, 0.6) is 0 Å². The molecule has 0 saturated heterocycles. The lowest BCUT2D eigenvalue weighted by molar-refractivity contribution is 0.136. The molecule has 0 fully saturated rings. The number of ether oxygens (including phenoxy) is 1. The Bertz CT molecular complexity index is 237. The van der Waals surface area contributed by atoms with Crippen molar-refractivity contribution in [2.45, 2.75) is 26.7 Å². The van der Waals surface area contributed by atoms with Gasteiger partial charge in [-0.15, -0.1) is 0 Å². The van der Waals surface area contributed by atoms with Crippen LogP contribution in [0.4, 0.5) is 0 Å². The molecule has 0 spiro atoms. The summed E-state index contributed by atoms with van der Waals surface area (Å²) in [6.45, 7) is 5.40. The van der Waals surface area contributed by atoms with Crippen LogP contribution in [0.1, 0.15) is 26.7 Å². The van der Waals surface area contributed by atoms with Crippen molar-refractivity contribution in [3.8, 4) is 0 Å². The van der Waals surface area contributed by atoms with Gasteiger partial charge < -0.3 is 4.74 Å². The lowest BCUT2D eigenvalue weighted by Gasteiger charge is -2.28. The van der Waals surface area contributed by atoms with Crippen molar-refractivity contribution in [1.29, 1.82) is 0 Å². The van der Waals surface area contributed by atoms with Gasteiger partial charge in [-0.3, -0.25) is 0 Å². The molecule has 2 rings (SSSR count). The van der Waals surface area contributed by atoms with Gasteiger partial charge in [0.1, 0.15) is 0 Å². The van der Waals surface area contributed by atoms with Crippen molar-refractivity contribution < 1.29 is 4.74 Å². The molecule has 66 valence electrons. The summed E-state index contributed by atoms with van der Waals surface area (Å²) < 4.78 is 5.69. The zero-order valence-corrected chi connectivity index (χ0v) is 7.84. The second-order valence-corrected chi connectivity index (χ2v) is 4.11. The van der Waals surface area contributed by atoms with Crippen LogP contribution in [0, 0.1) is 11.8 Å². The summed E-state index contributed by atoms with van der Waals surface area (Å²) in [7, 11) is 0. The lowest BCUT2D eigenvalue weighted by atomic mass is 9.89. The van der Waals surface area contributed by atoms with Gasteiger partial charge in [0, 0.05) is 6.42 Å². The highest BCUT2D eigenvalue weighted by Crippen LogP contribution is 2.32. The largest absolute Gasteiger partial charge is 0.497 e. The third-order valence-electron chi connectivity index (χ3n) is 2.60. The average Bonchev–Trinajstić information content (AvgIpc) is 2.05. The first-order valence-corrected chi connectivity index (χ1v) is 4.78. The van der Waals surface area contributed by atoms with E-state index in [9.17, 15) is 0 Å². The van der Waals surface area contributed by atoms with Crippen LogP contribution < -0.4 is 0 Å². The van der Waals surface area contributed by atoms with Gasteiger partial charge in [0.25, 0.3) is 0 Å². The van der Waals surface area contributed by atoms with Crippen LogP contribution in [0.25, 0.3) is 0 Å². The summed E-state index contributed by atoms with van der Waals surface area (Å²) in [6.07, 6.45) is 6.86. The Morgan fingerprint density at radius 1 is 1.33 bits per heavy atom. The van der Waals surface area contributed by atoms with Crippen LogP contribution in [-0.4, -0.2) is 6.61 Å². The summed E-state index contributed by atoms with van der Waals surface area (Å²) in [5.74, 6) is 2.61. The molecule has 0 bridgehead atoms. The van der Waals surface area contributed by atoms with Crippen molar-refractivity contribution in [3.05, 3.63) is 23.5 Å². The van der Waals surface area contributed by atoms with E-state index in [-0.39, 0.29) is 0 Å². The Morgan fingerprint density at radius 3 is 3.00 bits per heavy atom. The summed E-state index contributed by atoms with van der Waals surface area (Å²) in [5, 5.41) is 0. The minimum atomic E-state index is 0.664. The van der Waals surface area contributed by atoms with E-state index < -0.39 is 0 Å². The van der Waals surface area contributed by atoms with Gasteiger partial charge >= 0.3 is 0 Å². The first kappa shape index (κ1) is 7.90. The Labute approximate surface area is 74.1 Å². The first-order valence-electron chi connectivity index (χ1n) is 4.78. The van der Waals surface area contributed by atoms with Gasteiger partial charge in [0.2, 0.25) is 0 Å². The Kier molecular flexibility index (Phi) is 1.95.